The standard InChI is InChI=1S/C18H18N2O4/c1-2-24-16(21)8-7-15-11-14(9-10-20-15)17(22)12-3-5-13(6-4-12)18(19)23/h3-11,17,22H,2H2,1H3,(H2,19,23)/b8-7+. The molecular weight excluding hydrogens is 308 g/mol. The highest BCUT2D eigenvalue weighted by molar-refractivity contribution is 5.92. The molecule has 0 radical (unpaired) electrons. The SMILES string of the molecule is CCOC(=O)/C=C/c1cc(C(O)c2ccc(C(N)=O)cc2)ccn1. The third kappa shape index (κ3) is 4.50. The molecule has 0 bridgehead atoms. The zero-order valence-corrected chi connectivity index (χ0v) is 13.2. The van der Waals surface area contributed by atoms with E-state index >= 15 is 0 Å². The summed E-state index contributed by atoms with van der Waals surface area (Å²) in [5, 5.41) is 10.4. The topological polar surface area (TPSA) is 103 Å². The summed E-state index contributed by atoms with van der Waals surface area (Å²) >= 11 is 0. The first-order valence-corrected chi connectivity index (χ1v) is 7.40. The van der Waals surface area contributed by atoms with Crippen molar-refractivity contribution >= 4 is 18.0 Å². The molecule has 1 atom stereocenters. The van der Waals surface area contributed by atoms with Crippen LogP contribution < -0.4 is 5.73 Å². The van der Waals surface area contributed by atoms with Crippen LogP contribution in [0.4, 0.5) is 0 Å². The molecule has 2 aromatic rings. The van der Waals surface area contributed by atoms with E-state index in [-0.39, 0.29) is 0 Å². The first kappa shape index (κ1) is 17.4. The van der Waals surface area contributed by atoms with E-state index in [1.54, 1.807) is 49.5 Å². The molecule has 0 aliphatic carbocycles. The maximum Gasteiger partial charge on any atom is 0.330 e. The largest absolute Gasteiger partial charge is 0.463 e. The molecule has 0 fully saturated rings. The van der Waals surface area contributed by atoms with Crippen molar-refractivity contribution in [3.05, 3.63) is 71.1 Å². The molecule has 1 heterocycles. The van der Waals surface area contributed by atoms with Gasteiger partial charge in [-0.2, -0.15) is 0 Å². The van der Waals surface area contributed by atoms with Crippen LogP contribution in [-0.2, 0) is 9.53 Å². The Kier molecular flexibility index (Phi) is 5.81. The van der Waals surface area contributed by atoms with Gasteiger partial charge in [0, 0.05) is 17.8 Å². The Labute approximate surface area is 139 Å². The van der Waals surface area contributed by atoms with Gasteiger partial charge in [-0.1, -0.05) is 12.1 Å². The average Bonchev–Trinajstić information content (AvgIpc) is 2.60. The number of carbonyl (C=O) groups is 2. The van der Waals surface area contributed by atoms with Crippen molar-refractivity contribution in [2.24, 2.45) is 5.73 Å². The maximum absolute atomic E-state index is 11.3. The van der Waals surface area contributed by atoms with Crippen LogP contribution in [0.25, 0.3) is 6.08 Å². The Hall–Kier alpha value is -2.99. The van der Waals surface area contributed by atoms with Crippen LogP contribution in [0.15, 0.2) is 48.7 Å². The zero-order chi connectivity index (χ0) is 17.5. The highest BCUT2D eigenvalue weighted by Gasteiger charge is 2.11. The van der Waals surface area contributed by atoms with Gasteiger partial charge in [-0.3, -0.25) is 9.78 Å². The quantitative estimate of drug-likeness (QED) is 0.623. The van der Waals surface area contributed by atoms with E-state index in [2.05, 4.69) is 4.98 Å². The molecule has 1 unspecified atom stereocenters. The fourth-order valence-corrected chi connectivity index (χ4v) is 2.09. The second kappa shape index (κ2) is 8.03. The molecular formula is C18H18N2O4. The summed E-state index contributed by atoms with van der Waals surface area (Å²) in [6.07, 6.45) is 3.46. The summed E-state index contributed by atoms with van der Waals surface area (Å²) in [6, 6.07) is 9.74. The van der Waals surface area contributed by atoms with Gasteiger partial charge in [-0.25, -0.2) is 4.79 Å². The van der Waals surface area contributed by atoms with E-state index in [0.717, 1.165) is 0 Å². The molecule has 0 aliphatic heterocycles. The van der Waals surface area contributed by atoms with Crippen molar-refractivity contribution < 1.29 is 19.4 Å². The van der Waals surface area contributed by atoms with Crippen LogP contribution >= 0.6 is 0 Å². The lowest BCUT2D eigenvalue weighted by Gasteiger charge is -2.12. The molecule has 6 heteroatoms. The fourth-order valence-electron chi connectivity index (χ4n) is 2.09. The van der Waals surface area contributed by atoms with Crippen LogP contribution in [0.5, 0.6) is 0 Å². The maximum atomic E-state index is 11.3. The smallest absolute Gasteiger partial charge is 0.330 e. The molecule has 0 aliphatic rings. The Balaban J connectivity index is 2.18. The highest BCUT2D eigenvalue weighted by Crippen LogP contribution is 2.22. The first-order chi connectivity index (χ1) is 11.5. The number of ether oxygens (including phenoxy) is 1. The van der Waals surface area contributed by atoms with Crippen molar-refractivity contribution in [1.82, 2.24) is 4.98 Å². The van der Waals surface area contributed by atoms with Gasteiger partial charge in [0.1, 0.15) is 6.10 Å². The van der Waals surface area contributed by atoms with Crippen LogP contribution in [0.2, 0.25) is 0 Å². The second-order valence-corrected chi connectivity index (χ2v) is 4.99. The summed E-state index contributed by atoms with van der Waals surface area (Å²) in [5.74, 6) is -0.973. The minimum Gasteiger partial charge on any atom is -0.463 e. The number of nitrogens with two attached hydrogens (primary N) is 1. The van der Waals surface area contributed by atoms with Gasteiger partial charge >= 0.3 is 5.97 Å². The lowest BCUT2D eigenvalue weighted by molar-refractivity contribution is -0.137. The molecule has 0 saturated carbocycles. The van der Waals surface area contributed by atoms with Crippen molar-refractivity contribution in [2.75, 3.05) is 6.61 Å². The molecule has 24 heavy (non-hydrogen) atoms. The molecule has 1 amide bonds. The van der Waals surface area contributed by atoms with Gasteiger partial charge in [-0.15, -0.1) is 0 Å². The van der Waals surface area contributed by atoms with Crippen molar-refractivity contribution in [3.8, 4) is 0 Å². The van der Waals surface area contributed by atoms with E-state index < -0.39 is 18.0 Å². The van der Waals surface area contributed by atoms with Crippen molar-refractivity contribution in [3.63, 3.8) is 0 Å². The Morgan fingerprint density at radius 2 is 1.96 bits per heavy atom. The van der Waals surface area contributed by atoms with Crippen LogP contribution in [-0.4, -0.2) is 28.6 Å². The molecule has 0 saturated heterocycles. The number of aliphatic hydroxyl groups is 1. The van der Waals surface area contributed by atoms with E-state index in [4.69, 9.17) is 10.5 Å². The Bertz CT molecular complexity index is 754. The number of hydrogen-bond donors (Lipinski definition) is 2. The van der Waals surface area contributed by atoms with Crippen LogP contribution in [0, 0.1) is 0 Å². The second-order valence-electron chi connectivity index (χ2n) is 4.99. The number of rotatable bonds is 6. The number of hydrogen-bond acceptors (Lipinski definition) is 5. The predicted octanol–water partition coefficient (Wildman–Crippen LogP) is 1.84. The number of amides is 1. The third-order valence-electron chi connectivity index (χ3n) is 3.31. The normalized spacial score (nSPS) is 12.1. The molecule has 1 aromatic carbocycles. The minimum absolute atomic E-state index is 0.302. The van der Waals surface area contributed by atoms with E-state index in [1.807, 2.05) is 0 Å². The number of aliphatic hydroxyl groups excluding tert-OH is 1. The van der Waals surface area contributed by atoms with Gasteiger partial charge in [0.2, 0.25) is 5.91 Å². The average molecular weight is 326 g/mol. The van der Waals surface area contributed by atoms with Crippen molar-refractivity contribution in [2.45, 2.75) is 13.0 Å². The molecule has 2 rings (SSSR count). The van der Waals surface area contributed by atoms with Gasteiger partial charge < -0.3 is 15.6 Å². The number of benzene rings is 1. The monoisotopic (exact) mass is 326 g/mol. The summed E-state index contributed by atoms with van der Waals surface area (Å²) in [5.41, 5.74) is 7.32. The third-order valence-corrected chi connectivity index (χ3v) is 3.31. The number of aromatic nitrogens is 1. The van der Waals surface area contributed by atoms with Crippen LogP contribution in [0.1, 0.15) is 40.2 Å². The number of carbonyl (C=O) groups excluding carboxylic acids is 2. The minimum atomic E-state index is -0.885. The number of esters is 1. The Morgan fingerprint density at radius 1 is 1.25 bits per heavy atom. The predicted molar refractivity (Wildman–Crippen MR) is 88.9 cm³/mol. The summed E-state index contributed by atoms with van der Waals surface area (Å²) in [6.45, 7) is 2.03. The molecule has 3 N–H and O–H groups in total. The summed E-state index contributed by atoms with van der Waals surface area (Å²) in [4.78, 5) is 26.5. The molecule has 0 spiro atoms. The molecule has 124 valence electrons. The number of pyridine rings is 1. The Morgan fingerprint density at radius 3 is 2.58 bits per heavy atom. The van der Waals surface area contributed by atoms with Gasteiger partial charge in [0.25, 0.3) is 0 Å². The van der Waals surface area contributed by atoms with Gasteiger partial charge in [0.05, 0.1) is 12.3 Å². The summed E-state index contributed by atoms with van der Waals surface area (Å²) in [7, 11) is 0. The van der Waals surface area contributed by atoms with E-state index in [0.29, 0.717) is 29.0 Å². The highest BCUT2D eigenvalue weighted by atomic mass is 16.5. The van der Waals surface area contributed by atoms with E-state index in [1.165, 1.54) is 12.2 Å². The van der Waals surface area contributed by atoms with Gasteiger partial charge in [-0.05, 0) is 48.4 Å². The first-order valence-electron chi connectivity index (χ1n) is 7.40. The molecule has 1 aromatic heterocycles. The number of nitrogens with zero attached hydrogens (tertiary/aromatic N) is 1. The van der Waals surface area contributed by atoms with Gasteiger partial charge in [0.15, 0.2) is 0 Å². The molecule has 6 nitrogen and oxygen atoms in total. The van der Waals surface area contributed by atoms with Crippen molar-refractivity contribution in [1.29, 1.82) is 0 Å². The zero-order valence-electron chi connectivity index (χ0n) is 13.2. The lowest BCUT2D eigenvalue weighted by Crippen LogP contribution is -2.11. The number of primary amides is 1. The lowest BCUT2D eigenvalue weighted by atomic mass is 10.0. The summed E-state index contributed by atoms with van der Waals surface area (Å²) < 4.78 is 4.80. The van der Waals surface area contributed by atoms with E-state index in [9.17, 15) is 14.7 Å². The fraction of sp³-hybridized carbons (Fsp3) is 0.167. The van der Waals surface area contributed by atoms with Crippen LogP contribution in [0.3, 0.4) is 0 Å².